The minimum atomic E-state index is -0.576. The van der Waals surface area contributed by atoms with Crippen LogP contribution in [0.25, 0.3) is 22.2 Å². The van der Waals surface area contributed by atoms with E-state index in [4.69, 9.17) is 9.47 Å². The first-order valence-corrected chi connectivity index (χ1v) is 8.71. The van der Waals surface area contributed by atoms with Gasteiger partial charge in [-0.15, -0.1) is 0 Å². The lowest BCUT2D eigenvalue weighted by atomic mass is 10.0. The molecule has 7 nitrogen and oxygen atoms in total. The molecular formula is C20H17FN5O2. The monoisotopic (exact) mass is 378 g/mol. The van der Waals surface area contributed by atoms with Crippen LogP contribution < -0.4 is 9.47 Å². The molecule has 0 spiro atoms. The largest absolute Gasteiger partial charge is 0.480 e. The summed E-state index contributed by atoms with van der Waals surface area (Å²) in [4.78, 5) is 19.4. The number of ether oxygens (including phenoxy) is 2. The van der Waals surface area contributed by atoms with E-state index in [1.54, 1.807) is 24.5 Å². The summed E-state index contributed by atoms with van der Waals surface area (Å²) in [7, 11) is 1.54. The molecule has 0 aliphatic heterocycles. The van der Waals surface area contributed by atoms with E-state index < -0.39 is 5.95 Å². The molecule has 141 valence electrons. The van der Waals surface area contributed by atoms with Crippen LogP contribution in [0, 0.1) is 12.1 Å². The van der Waals surface area contributed by atoms with Crippen LogP contribution in [0.2, 0.25) is 0 Å². The van der Waals surface area contributed by atoms with Crippen molar-refractivity contribution in [3.05, 3.63) is 60.2 Å². The quantitative estimate of drug-likeness (QED) is 0.518. The van der Waals surface area contributed by atoms with Crippen molar-refractivity contribution in [1.29, 1.82) is 0 Å². The van der Waals surface area contributed by atoms with Crippen LogP contribution >= 0.6 is 0 Å². The third kappa shape index (κ3) is 3.36. The van der Waals surface area contributed by atoms with Gasteiger partial charge in [-0.3, -0.25) is 0 Å². The Hall–Kier alpha value is -3.55. The van der Waals surface area contributed by atoms with Crippen molar-refractivity contribution < 1.29 is 13.9 Å². The van der Waals surface area contributed by atoms with Crippen LogP contribution in [0.15, 0.2) is 36.9 Å². The number of aromatic nitrogens is 5. The summed E-state index contributed by atoms with van der Waals surface area (Å²) in [5.41, 5.74) is 3.30. The van der Waals surface area contributed by atoms with Crippen molar-refractivity contribution in [2.24, 2.45) is 0 Å². The van der Waals surface area contributed by atoms with E-state index in [1.807, 2.05) is 13.0 Å². The Balaban J connectivity index is 1.68. The molecule has 0 aliphatic carbocycles. The second-order valence-corrected chi connectivity index (χ2v) is 6.01. The summed E-state index contributed by atoms with van der Waals surface area (Å²) in [5.74, 6) is 0.397. The zero-order valence-electron chi connectivity index (χ0n) is 15.4. The van der Waals surface area contributed by atoms with E-state index in [9.17, 15) is 4.39 Å². The number of rotatable bonds is 6. The highest BCUT2D eigenvalue weighted by molar-refractivity contribution is 5.85. The fourth-order valence-electron chi connectivity index (χ4n) is 2.99. The average molecular weight is 378 g/mol. The van der Waals surface area contributed by atoms with Crippen LogP contribution in [0.1, 0.15) is 18.1 Å². The lowest BCUT2D eigenvalue weighted by molar-refractivity contribution is 0.327. The number of methoxy groups -OCH3 is 1. The molecule has 0 fully saturated rings. The summed E-state index contributed by atoms with van der Waals surface area (Å²) >= 11 is 0. The van der Waals surface area contributed by atoms with Gasteiger partial charge in [0.25, 0.3) is 0 Å². The van der Waals surface area contributed by atoms with Gasteiger partial charge in [-0.25, -0.2) is 19.9 Å². The van der Waals surface area contributed by atoms with Crippen LogP contribution in [0.5, 0.6) is 11.8 Å². The minimum Gasteiger partial charge on any atom is -0.480 e. The normalized spacial score (nSPS) is 11.0. The molecule has 0 amide bonds. The zero-order valence-corrected chi connectivity index (χ0v) is 15.4. The molecular weight excluding hydrogens is 361 g/mol. The van der Waals surface area contributed by atoms with E-state index in [-0.39, 0.29) is 0 Å². The molecule has 4 aromatic heterocycles. The Morgan fingerprint density at radius 1 is 1.18 bits per heavy atom. The lowest BCUT2D eigenvalue weighted by Gasteiger charge is -2.07. The first-order valence-electron chi connectivity index (χ1n) is 8.71. The number of pyridine rings is 2. The molecule has 1 N–H and O–H groups in total. The third-order valence-corrected chi connectivity index (χ3v) is 4.29. The van der Waals surface area contributed by atoms with Crippen molar-refractivity contribution in [1.82, 2.24) is 24.9 Å². The van der Waals surface area contributed by atoms with Gasteiger partial charge in [-0.1, -0.05) is 0 Å². The van der Waals surface area contributed by atoms with Crippen molar-refractivity contribution in [3.63, 3.8) is 0 Å². The van der Waals surface area contributed by atoms with Gasteiger partial charge in [0.15, 0.2) is 0 Å². The molecule has 0 saturated heterocycles. The first-order chi connectivity index (χ1) is 13.7. The Morgan fingerprint density at radius 3 is 2.82 bits per heavy atom. The van der Waals surface area contributed by atoms with Crippen LogP contribution in [-0.2, 0) is 6.42 Å². The summed E-state index contributed by atoms with van der Waals surface area (Å²) in [6.45, 7) is 2.43. The van der Waals surface area contributed by atoms with Crippen LogP contribution in [0.3, 0.4) is 0 Å². The standard InChI is InChI=1S/C20H17FN5O2/c1-3-28-16-5-4-12(8-22-16)14-6-13(18(21)23-9-14)7-15-10-24-19-17(15)20(27-2)26-11-25-19/h4-6,8,10-11H,3,7H2,1-2H3,(H,24,25,26). The maximum absolute atomic E-state index is 14.4. The predicted molar refractivity (Wildman–Crippen MR) is 101 cm³/mol. The molecule has 8 heteroatoms. The fourth-order valence-corrected chi connectivity index (χ4v) is 2.99. The molecule has 0 atom stereocenters. The Bertz CT molecular complexity index is 1110. The minimum absolute atomic E-state index is 0.300. The summed E-state index contributed by atoms with van der Waals surface area (Å²) in [6.07, 6.45) is 7.87. The Kier molecular flexibility index (Phi) is 4.84. The molecule has 4 heterocycles. The Morgan fingerprint density at radius 2 is 2.07 bits per heavy atom. The number of nitrogens with one attached hydrogen (secondary N) is 1. The fraction of sp³-hybridized carbons (Fsp3) is 0.200. The highest BCUT2D eigenvalue weighted by Gasteiger charge is 2.15. The van der Waals surface area contributed by atoms with Gasteiger partial charge in [0.2, 0.25) is 17.7 Å². The van der Waals surface area contributed by atoms with E-state index in [0.717, 1.165) is 16.5 Å². The number of nitrogens with zero attached hydrogens (tertiary/aromatic N) is 4. The van der Waals surface area contributed by atoms with E-state index in [1.165, 1.54) is 13.4 Å². The molecule has 4 aromatic rings. The van der Waals surface area contributed by atoms with Gasteiger partial charge in [0.05, 0.1) is 19.1 Å². The topological polar surface area (TPSA) is 85.8 Å². The number of fused-ring (bicyclic) bond motifs is 1. The third-order valence-electron chi connectivity index (χ3n) is 4.29. The number of aromatic amines is 1. The van der Waals surface area contributed by atoms with E-state index >= 15 is 0 Å². The molecule has 4 rings (SSSR count). The summed E-state index contributed by atoms with van der Waals surface area (Å²) in [6, 6.07) is 5.32. The van der Waals surface area contributed by atoms with Gasteiger partial charge in [-0.2, -0.15) is 4.39 Å². The number of H-pyrrole nitrogens is 1. The van der Waals surface area contributed by atoms with Gasteiger partial charge in [0, 0.05) is 41.6 Å². The Labute approximate surface area is 160 Å². The van der Waals surface area contributed by atoms with Gasteiger partial charge < -0.3 is 14.5 Å². The van der Waals surface area contributed by atoms with Crippen molar-refractivity contribution >= 4 is 11.0 Å². The molecule has 28 heavy (non-hydrogen) atoms. The van der Waals surface area contributed by atoms with E-state index in [0.29, 0.717) is 41.6 Å². The molecule has 1 radical (unpaired) electrons. The zero-order chi connectivity index (χ0) is 19.5. The summed E-state index contributed by atoms with van der Waals surface area (Å²) < 4.78 is 25.0. The second kappa shape index (κ2) is 7.59. The van der Waals surface area contributed by atoms with Crippen molar-refractivity contribution in [2.45, 2.75) is 13.3 Å². The van der Waals surface area contributed by atoms with Crippen molar-refractivity contribution in [2.75, 3.05) is 13.7 Å². The predicted octanol–water partition coefficient (Wildman–Crippen LogP) is 3.35. The molecule has 0 aromatic carbocycles. The summed E-state index contributed by atoms with van der Waals surface area (Å²) in [5, 5.41) is 0.724. The van der Waals surface area contributed by atoms with Gasteiger partial charge in [-0.05, 0) is 24.6 Å². The van der Waals surface area contributed by atoms with Crippen LogP contribution in [0.4, 0.5) is 4.39 Å². The van der Waals surface area contributed by atoms with Crippen molar-refractivity contribution in [3.8, 4) is 22.9 Å². The van der Waals surface area contributed by atoms with E-state index in [2.05, 4.69) is 31.1 Å². The van der Waals surface area contributed by atoms with Crippen LogP contribution in [-0.4, -0.2) is 38.6 Å². The lowest BCUT2D eigenvalue weighted by Crippen LogP contribution is -1.98. The van der Waals surface area contributed by atoms with Gasteiger partial charge in [0.1, 0.15) is 18.2 Å². The first kappa shape index (κ1) is 17.8. The number of hydrogen-bond donors (Lipinski definition) is 1. The number of hydrogen-bond acceptors (Lipinski definition) is 6. The molecule has 0 bridgehead atoms. The number of halogens is 1. The molecule has 0 unspecified atom stereocenters. The molecule has 0 aliphatic rings. The SMILES string of the molecule is CCOc1ccc(-c2[c]nc(F)c(Cc3c[nH]c4ncnc(OC)c34)c2)cn1. The second-order valence-electron chi connectivity index (χ2n) is 6.01. The average Bonchev–Trinajstić information content (AvgIpc) is 3.13. The maximum atomic E-state index is 14.4. The smallest absolute Gasteiger partial charge is 0.226 e. The van der Waals surface area contributed by atoms with Gasteiger partial charge >= 0.3 is 0 Å². The molecule has 0 saturated carbocycles. The maximum Gasteiger partial charge on any atom is 0.226 e. The highest BCUT2D eigenvalue weighted by atomic mass is 19.1. The highest BCUT2D eigenvalue weighted by Crippen LogP contribution is 2.28.